The highest BCUT2D eigenvalue weighted by atomic mass is 19.1. The predicted octanol–water partition coefficient (Wildman–Crippen LogP) is 3.89. The van der Waals surface area contributed by atoms with Gasteiger partial charge >= 0.3 is 11.8 Å². The number of rotatable bonds is 6. The molecule has 8 heteroatoms. The molecule has 1 aliphatic rings. The molecule has 0 bridgehead atoms. The third kappa shape index (κ3) is 5.84. The van der Waals surface area contributed by atoms with Gasteiger partial charge in [0.25, 0.3) is 0 Å². The molecule has 0 aliphatic carbocycles. The van der Waals surface area contributed by atoms with E-state index in [2.05, 4.69) is 27.7 Å². The van der Waals surface area contributed by atoms with Gasteiger partial charge in [0.2, 0.25) is 0 Å². The Hall–Kier alpha value is -3.78. The molecular formula is C27H28F2N4O2. The zero-order valence-electron chi connectivity index (χ0n) is 19.7. The Morgan fingerprint density at radius 2 is 1.69 bits per heavy atom. The van der Waals surface area contributed by atoms with E-state index in [-0.39, 0.29) is 18.3 Å². The zero-order chi connectivity index (χ0) is 24.9. The predicted molar refractivity (Wildman–Crippen MR) is 132 cm³/mol. The van der Waals surface area contributed by atoms with Crippen LogP contribution in [0.5, 0.6) is 0 Å². The highest BCUT2D eigenvalue weighted by Crippen LogP contribution is 2.28. The van der Waals surface area contributed by atoms with Gasteiger partial charge in [0.15, 0.2) is 0 Å². The topological polar surface area (TPSA) is 64.7 Å². The number of halogens is 2. The van der Waals surface area contributed by atoms with Crippen LogP contribution in [-0.4, -0.2) is 43.9 Å². The quantitative estimate of drug-likeness (QED) is 0.528. The average Bonchev–Trinajstić information content (AvgIpc) is 2.85. The van der Waals surface area contributed by atoms with Crippen LogP contribution in [0.3, 0.4) is 0 Å². The van der Waals surface area contributed by atoms with Crippen molar-refractivity contribution < 1.29 is 18.4 Å². The number of carbonyl (C=O) groups is 2. The first-order valence-electron chi connectivity index (χ1n) is 11.4. The maximum absolute atomic E-state index is 13.9. The number of hydrogen-bond donors (Lipinski definition) is 2. The lowest BCUT2D eigenvalue weighted by molar-refractivity contribution is -0.136. The number of carbonyl (C=O) groups excluding carboxylic acids is 2. The summed E-state index contributed by atoms with van der Waals surface area (Å²) in [6.45, 7) is 1.72. The molecule has 1 aliphatic heterocycles. The lowest BCUT2D eigenvalue weighted by atomic mass is 9.96. The van der Waals surface area contributed by atoms with E-state index >= 15 is 0 Å². The summed E-state index contributed by atoms with van der Waals surface area (Å²) in [5, 5.41) is 4.89. The van der Waals surface area contributed by atoms with Crippen LogP contribution in [0.2, 0.25) is 0 Å². The van der Waals surface area contributed by atoms with E-state index < -0.39 is 23.4 Å². The van der Waals surface area contributed by atoms with Crippen LogP contribution in [0, 0.1) is 11.6 Å². The summed E-state index contributed by atoms with van der Waals surface area (Å²) in [5.74, 6) is -3.62. The van der Waals surface area contributed by atoms with Crippen molar-refractivity contribution in [1.29, 1.82) is 0 Å². The number of hydrogen-bond acceptors (Lipinski definition) is 4. The first kappa shape index (κ1) is 24.3. The zero-order valence-corrected chi connectivity index (χ0v) is 19.7. The average molecular weight is 479 g/mol. The van der Waals surface area contributed by atoms with Crippen LogP contribution in [0.15, 0.2) is 66.7 Å². The lowest BCUT2D eigenvalue weighted by Crippen LogP contribution is -2.43. The minimum atomic E-state index is -1.01. The van der Waals surface area contributed by atoms with Gasteiger partial charge in [-0.25, -0.2) is 8.78 Å². The second-order valence-electron chi connectivity index (χ2n) is 8.78. The van der Waals surface area contributed by atoms with Gasteiger partial charge in [-0.3, -0.25) is 14.5 Å². The first-order valence-corrected chi connectivity index (χ1v) is 11.4. The van der Waals surface area contributed by atoms with E-state index in [1.807, 2.05) is 55.4 Å². The fourth-order valence-corrected chi connectivity index (χ4v) is 4.28. The van der Waals surface area contributed by atoms with Crippen molar-refractivity contribution in [1.82, 2.24) is 10.2 Å². The Kier molecular flexibility index (Phi) is 7.41. The van der Waals surface area contributed by atoms with E-state index in [4.69, 9.17) is 0 Å². The molecular weight excluding hydrogens is 450 g/mol. The lowest BCUT2D eigenvalue weighted by Gasteiger charge is -2.36. The maximum Gasteiger partial charge on any atom is 0.313 e. The molecule has 0 unspecified atom stereocenters. The molecule has 6 nitrogen and oxygen atoms in total. The van der Waals surface area contributed by atoms with Gasteiger partial charge in [-0.15, -0.1) is 0 Å². The molecule has 0 fully saturated rings. The summed E-state index contributed by atoms with van der Waals surface area (Å²) in [6.07, 6.45) is 0.890. The van der Waals surface area contributed by atoms with Gasteiger partial charge in [-0.05, 0) is 47.4 Å². The van der Waals surface area contributed by atoms with E-state index in [9.17, 15) is 18.4 Å². The van der Waals surface area contributed by atoms with Gasteiger partial charge in [0, 0.05) is 45.5 Å². The van der Waals surface area contributed by atoms with Gasteiger partial charge in [0.05, 0.1) is 11.7 Å². The molecule has 0 saturated carbocycles. The second-order valence-corrected chi connectivity index (χ2v) is 8.78. The summed E-state index contributed by atoms with van der Waals surface area (Å²) in [4.78, 5) is 29.2. The van der Waals surface area contributed by atoms with Gasteiger partial charge in [0.1, 0.15) is 11.6 Å². The number of amides is 2. The van der Waals surface area contributed by atoms with Gasteiger partial charge in [-0.2, -0.15) is 0 Å². The molecule has 2 N–H and O–H groups in total. The Bertz CT molecular complexity index is 1210. The molecule has 0 saturated heterocycles. The van der Waals surface area contributed by atoms with E-state index in [1.54, 1.807) is 0 Å². The van der Waals surface area contributed by atoms with Crippen LogP contribution >= 0.6 is 0 Å². The Morgan fingerprint density at radius 1 is 0.971 bits per heavy atom. The fraction of sp³-hybridized carbons (Fsp3) is 0.259. The highest BCUT2D eigenvalue weighted by Gasteiger charge is 2.26. The summed E-state index contributed by atoms with van der Waals surface area (Å²) >= 11 is 0. The Balaban J connectivity index is 1.49. The number of fused-ring (bicyclic) bond motifs is 1. The number of benzene rings is 3. The summed E-state index contributed by atoms with van der Waals surface area (Å²) in [5.41, 5.74) is 4.37. The Labute approximate surface area is 203 Å². The molecule has 2 amide bonds. The van der Waals surface area contributed by atoms with Crippen LogP contribution in [-0.2, 0) is 22.6 Å². The second kappa shape index (κ2) is 10.7. The molecule has 3 aromatic rings. The van der Waals surface area contributed by atoms with E-state index in [0.29, 0.717) is 6.07 Å². The molecule has 3 aromatic carbocycles. The molecule has 35 heavy (non-hydrogen) atoms. The minimum Gasteiger partial charge on any atom is -0.378 e. The van der Waals surface area contributed by atoms with Crippen LogP contribution < -0.4 is 15.5 Å². The van der Waals surface area contributed by atoms with Crippen molar-refractivity contribution in [2.24, 2.45) is 0 Å². The van der Waals surface area contributed by atoms with Crippen molar-refractivity contribution in [2.75, 3.05) is 37.4 Å². The Morgan fingerprint density at radius 3 is 2.37 bits per heavy atom. The third-order valence-corrected chi connectivity index (χ3v) is 6.24. The summed E-state index contributed by atoms with van der Waals surface area (Å²) < 4.78 is 27.0. The molecule has 182 valence electrons. The van der Waals surface area contributed by atoms with Crippen LogP contribution in [0.25, 0.3) is 0 Å². The third-order valence-electron chi connectivity index (χ3n) is 6.24. The molecule has 0 radical (unpaired) electrons. The molecule has 1 atom stereocenters. The van der Waals surface area contributed by atoms with Crippen molar-refractivity contribution in [3.8, 4) is 0 Å². The molecule has 0 aromatic heterocycles. The standard InChI is InChI=1S/C27H28F2N4O2/c1-32(2)22-10-7-19(8-11-22)25(33-14-13-18-5-3-4-6-20(18)17-33)16-30-26(34)27(35)31-24-12-9-21(28)15-23(24)29/h3-12,15,25H,13-14,16-17H2,1-2H3,(H,30,34)(H,31,35)/t25-/m1/s1. The molecule has 0 spiro atoms. The fourth-order valence-electron chi connectivity index (χ4n) is 4.28. The largest absolute Gasteiger partial charge is 0.378 e. The van der Waals surface area contributed by atoms with Crippen LogP contribution in [0.4, 0.5) is 20.2 Å². The van der Waals surface area contributed by atoms with E-state index in [0.717, 1.165) is 42.9 Å². The van der Waals surface area contributed by atoms with E-state index in [1.165, 1.54) is 11.1 Å². The summed E-state index contributed by atoms with van der Waals surface area (Å²) in [7, 11) is 3.94. The smallest absolute Gasteiger partial charge is 0.313 e. The monoisotopic (exact) mass is 478 g/mol. The number of nitrogens with zero attached hydrogens (tertiary/aromatic N) is 2. The number of nitrogens with one attached hydrogen (secondary N) is 2. The minimum absolute atomic E-state index is 0.168. The van der Waals surface area contributed by atoms with Crippen LogP contribution in [0.1, 0.15) is 22.7 Å². The van der Waals surface area contributed by atoms with Gasteiger partial charge < -0.3 is 15.5 Å². The highest BCUT2D eigenvalue weighted by molar-refractivity contribution is 6.39. The first-order chi connectivity index (χ1) is 16.8. The van der Waals surface area contributed by atoms with Crippen molar-refractivity contribution in [2.45, 2.75) is 19.0 Å². The SMILES string of the molecule is CN(C)c1ccc([C@@H](CNC(=O)C(=O)Nc2ccc(F)cc2F)N2CCc3ccccc3C2)cc1. The summed E-state index contributed by atoms with van der Waals surface area (Å²) in [6, 6.07) is 19.0. The normalized spacial score (nSPS) is 14.1. The molecule has 4 rings (SSSR count). The number of anilines is 2. The van der Waals surface area contributed by atoms with Crippen molar-refractivity contribution in [3.05, 3.63) is 95.1 Å². The van der Waals surface area contributed by atoms with Crippen molar-refractivity contribution >= 4 is 23.2 Å². The van der Waals surface area contributed by atoms with Crippen molar-refractivity contribution in [3.63, 3.8) is 0 Å². The van der Waals surface area contributed by atoms with Gasteiger partial charge in [-0.1, -0.05) is 36.4 Å². The maximum atomic E-state index is 13.9. The molecule has 1 heterocycles.